The zero-order valence-corrected chi connectivity index (χ0v) is 20.0. The van der Waals surface area contributed by atoms with Gasteiger partial charge in [-0.3, -0.25) is 14.4 Å². The Balaban J connectivity index is 1.62. The highest BCUT2D eigenvalue weighted by Crippen LogP contribution is 2.26. The monoisotopic (exact) mass is 491 g/mol. The molecule has 1 saturated carbocycles. The molecule has 36 heavy (non-hydrogen) atoms. The number of halogens is 1. The van der Waals surface area contributed by atoms with Gasteiger partial charge in [-0.25, -0.2) is 4.39 Å². The number of carbonyl (C=O) groups is 3. The van der Waals surface area contributed by atoms with E-state index in [1.807, 2.05) is 30.3 Å². The van der Waals surface area contributed by atoms with Gasteiger partial charge in [0, 0.05) is 12.6 Å². The van der Waals surface area contributed by atoms with E-state index in [1.165, 1.54) is 41.5 Å². The highest BCUT2D eigenvalue weighted by molar-refractivity contribution is 5.95. The minimum atomic E-state index is -0.999. The first-order chi connectivity index (χ1) is 17.5. The topological polar surface area (TPSA) is 91.7 Å². The minimum absolute atomic E-state index is 0.0292. The highest BCUT2D eigenvalue weighted by atomic mass is 19.1. The Hall–Kier alpha value is -3.94. The van der Waals surface area contributed by atoms with E-state index in [2.05, 4.69) is 10.6 Å². The average molecular weight is 492 g/mol. The molecule has 0 spiro atoms. The summed E-state index contributed by atoms with van der Waals surface area (Å²) in [5.74, 6) is -1.65. The van der Waals surface area contributed by atoms with E-state index in [4.69, 9.17) is 4.42 Å². The van der Waals surface area contributed by atoms with Crippen molar-refractivity contribution in [2.24, 2.45) is 0 Å². The number of furan rings is 1. The fourth-order valence-corrected chi connectivity index (χ4v) is 4.50. The second-order valence-corrected chi connectivity index (χ2v) is 8.96. The molecule has 1 atom stereocenters. The Kier molecular flexibility index (Phi) is 8.49. The van der Waals surface area contributed by atoms with Crippen LogP contribution >= 0.6 is 0 Å². The van der Waals surface area contributed by atoms with Crippen molar-refractivity contribution in [3.8, 4) is 0 Å². The maximum Gasteiger partial charge on any atom is 0.287 e. The van der Waals surface area contributed by atoms with Gasteiger partial charge < -0.3 is 20.0 Å². The van der Waals surface area contributed by atoms with Crippen LogP contribution in [0.2, 0.25) is 0 Å². The molecule has 0 bridgehead atoms. The fourth-order valence-electron chi connectivity index (χ4n) is 4.50. The molecule has 0 saturated heterocycles. The number of hydrogen-bond donors (Lipinski definition) is 2. The summed E-state index contributed by atoms with van der Waals surface area (Å²) in [5.41, 5.74) is 1.31. The van der Waals surface area contributed by atoms with Crippen molar-refractivity contribution in [1.29, 1.82) is 0 Å². The average Bonchev–Trinajstić information content (AvgIpc) is 3.44. The molecule has 1 aliphatic carbocycles. The molecule has 1 aromatic heterocycles. The van der Waals surface area contributed by atoms with Crippen LogP contribution in [0.25, 0.3) is 0 Å². The van der Waals surface area contributed by atoms with E-state index in [9.17, 15) is 18.8 Å². The number of nitrogens with one attached hydrogen (secondary N) is 2. The molecule has 4 rings (SSSR count). The zero-order chi connectivity index (χ0) is 25.3. The van der Waals surface area contributed by atoms with Gasteiger partial charge in [-0.05, 0) is 48.2 Å². The second kappa shape index (κ2) is 12.2. The van der Waals surface area contributed by atoms with Gasteiger partial charge in [0.05, 0.1) is 12.8 Å². The molecule has 1 aliphatic rings. The van der Waals surface area contributed by atoms with Crippen molar-refractivity contribution in [3.63, 3.8) is 0 Å². The summed E-state index contributed by atoms with van der Waals surface area (Å²) in [7, 11) is 0. The summed E-state index contributed by atoms with van der Waals surface area (Å²) in [5, 5.41) is 5.68. The van der Waals surface area contributed by atoms with Crippen molar-refractivity contribution >= 4 is 17.7 Å². The van der Waals surface area contributed by atoms with Crippen molar-refractivity contribution in [2.75, 3.05) is 6.54 Å². The minimum Gasteiger partial charge on any atom is -0.459 e. The Morgan fingerprint density at radius 1 is 0.944 bits per heavy atom. The lowest BCUT2D eigenvalue weighted by Crippen LogP contribution is -2.49. The van der Waals surface area contributed by atoms with Crippen LogP contribution in [0.15, 0.2) is 77.4 Å². The molecule has 7 nitrogen and oxygen atoms in total. The standard InChI is InChI=1S/C28H30FN3O4/c29-22-15-13-21(14-16-22)26(28(35)31-23-10-5-2-6-11-23)32(19-20-8-3-1-4-9-20)25(33)18-30-27(34)24-12-7-17-36-24/h1,3-4,7-9,12-17,23,26H,2,5-6,10-11,18-19H2,(H,30,34)(H,31,35)/t26-/m1/s1. The Morgan fingerprint density at radius 3 is 2.33 bits per heavy atom. The first kappa shape index (κ1) is 25.2. The van der Waals surface area contributed by atoms with E-state index < -0.39 is 23.7 Å². The van der Waals surface area contributed by atoms with Crippen LogP contribution in [0.3, 0.4) is 0 Å². The van der Waals surface area contributed by atoms with Gasteiger partial charge in [-0.1, -0.05) is 61.7 Å². The SMILES string of the molecule is O=C(NCC(=O)N(Cc1ccccc1)[C@@H](C(=O)NC1CCCCC1)c1ccc(F)cc1)c1ccco1. The zero-order valence-electron chi connectivity index (χ0n) is 20.0. The maximum absolute atomic E-state index is 13.7. The van der Waals surface area contributed by atoms with E-state index in [-0.39, 0.29) is 30.8 Å². The predicted octanol–water partition coefficient (Wildman–Crippen LogP) is 4.37. The maximum atomic E-state index is 13.7. The number of nitrogens with zero attached hydrogens (tertiary/aromatic N) is 1. The third-order valence-corrected chi connectivity index (χ3v) is 6.36. The number of hydrogen-bond acceptors (Lipinski definition) is 4. The third kappa shape index (κ3) is 6.59. The summed E-state index contributed by atoms with van der Waals surface area (Å²) in [4.78, 5) is 41.0. The molecule has 1 fully saturated rings. The molecular formula is C28H30FN3O4. The lowest BCUT2D eigenvalue weighted by atomic mass is 9.94. The summed E-state index contributed by atoms with van der Waals surface area (Å²) in [6.45, 7) is -0.197. The molecule has 0 radical (unpaired) electrons. The Morgan fingerprint density at radius 2 is 1.67 bits per heavy atom. The molecule has 8 heteroatoms. The summed E-state index contributed by atoms with van der Waals surface area (Å²) in [6, 6.07) is 17.0. The molecule has 0 aliphatic heterocycles. The van der Waals surface area contributed by atoms with E-state index in [0.717, 1.165) is 37.7 Å². The normalized spacial score (nSPS) is 14.6. The van der Waals surface area contributed by atoms with E-state index in [1.54, 1.807) is 6.07 Å². The summed E-state index contributed by atoms with van der Waals surface area (Å²) in [6.07, 6.45) is 6.36. The molecule has 1 heterocycles. The molecular weight excluding hydrogens is 461 g/mol. The lowest BCUT2D eigenvalue weighted by molar-refractivity contribution is -0.141. The number of benzene rings is 2. The molecule has 0 unspecified atom stereocenters. The van der Waals surface area contributed by atoms with Crippen LogP contribution in [0.4, 0.5) is 4.39 Å². The van der Waals surface area contributed by atoms with Crippen LogP contribution in [0, 0.1) is 5.82 Å². The molecule has 3 aromatic rings. The van der Waals surface area contributed by atoms with Gasteiger partial charge in [-0.2, -0.15) is 0 Å². The van der Waals surface area contributed by atoms with Crippen LogP contribution < -0.4 is 10.6 Å². The fraction of sp³-hybridized carbons (Fsp3) is 0.321. The van der Waals surface area contributed by atoms with Gasteiger partial charge in [0.1, 0.15) is 11.9 Å². The van der Waals surface area contributed by atoms with Gasteiger partial charge in [0.2, 0.25) is 11.8 Å². The van der Waals surface area contributed by atoms with Crippen molar-refractivity contribution < 1.29 is 23.2 Å². The molecule has 188 valence electrons. The summed E-state index contributed by atoms with van der Waals surface area (Å²) >= 11 is 0. The number of rotatable bonds is 9. The first-order valence-electron chi connectivity index (χ1n) is 12.2. The van der Waals surface area contributed by atoms with Crippen molar-refractivity contribution in [3.05, 3.63) is 95.7 Å². The van der Waals surface area contributed by atoms with Crippen LogP contribution in [-0.4, -0.2) is 35.2 Å². The first-order valence-corrected chi connectivity index (χ1v) is 12.2. The van der Waals surface area contributed by atoms with Gasteiger partial charge in [-0.15, -0.1) is 0 Å². The third-order valence-electron chi connectivity index (χ3n) is 6.36. The van der Waals surface area contributed by atoms with E-state index in [0.29, 0.717) is 5.56 Å². The predicted molar refractivity (Wildman–Crippen MR) is 132 cm³/mol. The van der Waals surface area contributed by atoms with Gasteiger partial charge in [0.15, 0.2) is 5.76 Å². The van der Waals surface area contributed by atoms with Crippen molar-refractivity contribution in [2.45, 2.75) is 50.7 Å². The van der Waals surface area contributed by atoms with Gasteiger partial charge >= 0.3 is 0 Å². The Bertz CT molecular complexity index is 1140. The molecule has 2 N–H and O–H groups in total. The number of amides is 3. The molecule has 3 amide bonds. The largest absolute Gasteiger partial charge is 0.459 e. The van der Waals surface area contributed by atoms with Crippen LogP contribution in [0.5, 0.6) is 0 Å². The summed E-state index contributed by atoms with van der Waals surface area (Å²) < 4.78 is 18.8. The van der Waals surface area contributed by atoms with Crippen molar-refractivity contribution in [1.82, 2.24) is 15.5 Å². The lowest BCUT2D eigenvalue weighted by Gasteiger charge is -2.33. The van der Waals surface area contributed by atoms with Gasteiger partial charge in [0.25, 0.3) is 5.91 Å². The van der Waals surface area contributed by atoms with Crippen LogP contribution in [-0.2, 0) is 16.1 Å². The Labute approximate surface area is 209 Å². The number of carbonyl (C=O) groups excluding carboxylic acids is 3. The highest BCUT2D eigenvalue weighted by Gasteiger charge is 2.33. The van der Waals surface area contributed by atoms with E-state index >= 15 is 0 Å². The molecule has 2 aromatic carbocycles. The second-order valence-electron chi connectivity index (χ2n) is 8.96. The smallest absolute Gasteiger partial charge is 0.287 e. The quantitative estimate of drug-likeness (QED) is 0.465. The van der Waals surface area contributed by atoms with Crippen LogP contribution in [0.1, 0.15) is 59.8 Å².